The third-order valence-electron chi connectivity index (χ3n) is 6.52. The highest BCUT2D eigenvalue weighted by Crippen LogP contribution is 2.32. The number of nitrogens with one attached hydrogen (secondary N) is 1. The second-order valence-electron chi connectivity index (χ2n) is 8.96. The molecule has 0 saturated carbocycles. The van der Waals surface area contributed by atoms with E-state index in [0.29, 0.717) is 22.4 Å². The zero-order valence-electron chi connectivity index (χ0n) is 20.0. The number of carbonyl (C=O) groups excluding carboxylic acids is 1. The molecule has 1 aliphatic rings. The molecule has 1 saturated heterocycles. The minimum atomic E-state index is -4.41. The summed E-state index contributed by atoms with van der Waals surface area (Å²) in [6, 6.07) is 23.3. The van der Waals surface area contributed by atoms with E-state index in [1.807, 2.05) is 36.4 Å². The van der Waals surface area contributed by atoms with Crippen molar-refractivity contribution in [1.82, 2.24) is 4.90 Å². The zero-order valence-corrected chi connectivity index (χ0v) is 20.0. The molecule has 0 radical (unpaired) electrons. The first-order valence-corrected chi connectivity index (χ1v) is 12.0. The maximum Gasteiger partial charge on any atom is 0.416 e. The van der Waals surface area contributed by atoms with Crippen LogP contribution in [0.15, 0.2) is 95.6 Å². The van der Waals surface area contributed by atoms with E-state index >= 15 is 0 Å². The number of rotatable bonds is 6. The number of carbonyl (C=O) groups is 1. The van der Waals surface area contributed by atoms with Gasteiger partial charge in [0.05, 0.1) is 18.4 Å². The Morgan fingerprint density at radius 1 is 0.838 bits per heavy atom. The van der Waals surface area contributed by atoms with E-state index in [1.54, 1.807) is 30.5 Å². The molecule has 1 aromatic heterocycles. The Bertz CT molecular complexity index is 1330. The summed E-state index contributed by atoms with van der Waals surface area (Å²) in [6.07, 6.45) is -2.71. The molecule has 1 fully saturated rings. The molecule has 5 rings (SSSR count). The van der Waals surface area contributed by atoms with Gasteiger partial charge in [0.2, 0.25) is 0 Å². The van der Waals surface area contributed by atoms with Crippen LogP contribution < -0.4 is 10.2 Å². The lowest BCUT2D eigenvalue weighted by Crippen LogP contribution is -2.45. The average Bonchev–Trinajstić information content (AvgIpc) is 3.42. The minimum absolute atomic E-state index is 0.324. The number of piperazine rings is 1. The van der Waals surface area contributed by atoms with Gasteiger partial charge in [0.1, 0.15) is 5.76 Å². The summed E-state index contributed by atoms with van der Waals surface area (Å²) in [5.41, 5.74) is 2.50. The van der Waals surface area contributed by atoms with Gasteiger partial charge >= 0.3 is 6.18 Å². The molecule has 5 nitrogen and oxygen atoms in total. The highest BCUT2D eigenvalue weighted by atomic mass is 19.4. The van der Waals surface area contributed by atoms with Gasteiger partial charge in [-0.3, -0.25) is 9.69 Å². The van der Waals surface area contributed by atoms with Crippen molar-refractivity contribution in [2.45, 2.75) is 12.7 Å². The summed E-state index contributed by atoms with van der Waals surface area (Å²) in [5.74, 6) is 0.642. The van der Waals surface area contributed by atoms with Crippen LogP contribution >= 0.6 is 0 Å². The van der Waals surface area contributed by atoms with Crippen LogP contribution in [0.4, 0.5) is 24.5 Å². The molecule has 4 aromatic rings. The number of anilines is 2. The van der Waals surface area contributed by atoms with Crippen molar-refractivity contribution in [1.29, 1.82) is 0 Å². The van der Waals surface area contributed by atoms with Crippen LogP contribution in [0.5, 0.6) is 0 Å². The van der Waals surface area contributed by atoms with Gasteiger partial charge < -0.3 is 14.6 Å². The van der Waals surface area contributed by atoms with E-state index in [1.165, 1.54) is 12.1 Å². The van der Waals surface area contributed by atoms with Gasteiger partial charge in [0.25, 0.3) is 5.91 Å². The summed E-state index contributed by atoms with van der Waals surface area (Å²) < 4.78 is 44.2. The molecule has 1 aliphatic heterocycles. The number of amides is 1. The molecule has 0 spiro atoms. The Kier molecular flexibility index (Phi) is 7.01. The molecule has 37 heavy (non-hydrogen) atoms. The number of benzene rings is 3. The smallest absolute Gasteiger partial charge is 0.416 e. The largest absolute Gasteiger partial charge is 0.468 e. The molecule has 0 bridgehead atoms. The molecular weight excluding hydrogens is 479 g/mol. The van der Waals surface area contributed by atoms with E-state index < -0.39 is 11.7 Å². The van der Waals surface area contributed by atoms with E-state index in [9.17, 15) is 18.0 Å². The van der Waals surface area contributed by atoms with Crippen molar-refractivity contribution < 1.29 is 22.4 Å². The Hall–Kier alpha value is -4.04. The van der Waals surface area contributed by atoms with Crippen molar-refractivity contribution in [3.63, 3.8) is 0 Å². The summed E-state index contributed by atoms with van der Waals surface area (Å²) in [4.78, 5) is 17.7. The normalized spacial score (nSPS) is 14.5. The molecular formula is C29H26F3N3O2. The standard InChI is InChI=1S/C29H26F3N3O2/c30-29(31,32)22-9-7-21(8-10-22)26-5-1-2-6-27(26)28(36)33-23-11-13-24(14-12-23)35-17-15-34(16-18-35)20-25-4-3-19-37-25/h1-14,19H,15-18,20H2,(H,33,36). The topological polar surface area (TPSA) is 48.7 Å². The maximum absolute atomic E-state index is 13.1. The Labute approximate surface area is 213 Å². The number of halogens is 3. The van der Waals surface area contributed by atoms with Gasteiger partial charge in [-0.15, -0.1) is 0 Å². The quantitative estimate of drug-likeness (QED) is 0.323. The first-order valence-electron chi connectivity index (χ1n) is 12.0. The monoisotopic (exact) mass is 505 g/mol. The highest BCUT2D eigenvalue weighted by molar-refractivity contribution is 6.08. The van der Waals surface area contributed by atoms with E-state index in [4.69, 9.17) is 4.42 Å². The first-order chi connectivity index (χ1) is 17.9. The predicted molar refractivity (Wildman–Crippen MR) is 137 cm³/mol. The van der Waals surface area contributed by atoms with Gasteiger partial charge in [-0.1, -0.05) is 30.3 Å². The lowest BCUT2D eigenvalue weighted by Gasteiger charge is -2.35. The number of hydrogen-bond acceptors (Lipinski definition) is 4. The first kappa shape index (κ1) is 24.6. The molecule has 1 N–H and O–H groups in total. The van der Waals surface area contributed by atoms with Crippen LogP contribution in [-0.4, -0.2) is 37.0 Å². The van der Waals surface area contributed by atoms with Crippen molar-refractivity contribution in [2.75, 3.05) is 36.4 Å². The van der Waals surface area contributed by atoms with Gasteiger partial charge in [-0.05, 0) is 65.7 Å². The lowest BCUT2D eigenvalue weighted by atomic mass is 9.98. The van der Waals surface area contributed by atoms with Gasteiger partial charge in [0, 0.05) is 43.1 Å². The van der Waals surface area contributed by atoms with Crippen LogP contribution in [-0.2, 0) is 12.7 Å². The third kappa shape index (κ3) is 5.86. The van der Waals surface area contributed by atoms with Crippen molar-refractivity contribution in [3.8, 4) is 11.1 Å². The van der Waals surface area contributed by atoms with Crippen LogP contribution in [0, 0.1) is 0 Å². The van der Waals surface area contributed by atoms with Gasteiger partial charge in [0.15, 0.2) is 0 Å². The van der Waals surface area contributed by atoms with Crippen LogP contribution in [0.25, 0.3) is 11.1 Å². The van der Waals surface area contributed by atoms with Gasteiger partial charge in [-0.2, -0.15) is 13.2 Å². The molecule has 8 heteroatoms. The second kappa shape index (κ2) is 10.5. The number of alkyl halides is 3. The Morgan fingerprint density at radius 3 is 2.19 bits per heavy atom. The third-order valence-corrected chi connectivity index (χ3v) is 6.52. The van der Waals surface area contributed by atoms with Crippen LogP contribution in [0.2, 0.25) is 0 Å². The number of hydrogen-bond donors (Lipinski definition) is 1. The van der Waals surface area contributed by atoms with Crippen molar-refractivity contribution in [3.05, 3.63) is 108 Å². The summed E-state index contributed by atoms with van der Waals surface area (Å²) >= 11 is 0. The predicted octanol–water partition coefficient (Wildman–Crippen LogP) is 6.54. The molecule has 3 aromatic carbocycles. The van der Waals surface area contributed by atoms with E-state index in [0.717, 1.165) is 56.3 Å². The van der Waals surface area contributed by atoms with E-state index in [2.05, 4.69) is 15.1 Å². The molecule has 1 amide bonds. The van der Waals surface area contributed by atoms with E-state index in [-0.39, 0.29) is 5.91 Å². The van der Waals surface area contributed by atoms with Crippen molar-refractivity contribution in [2.24, 2.45) is 0 Å². The summed E-state index contributed by atoms with van der Waals surface area (Å²) in [6.45, 7) is 4.46. The molecule has 190 valence electrons. The molecule has 0 atom stereocenters. The average molecular weight is 506 g/mol. The Balaban J connectivity index is 1.22. The maximum atomic E-state index is 13.1. The number of furan rings is 1. The van der Waals surface area contributed by atoms with Gasteiger partial charge in [-0.25, -0.2) is 0 Å². The summed E-state index contributed by atoms with van der Waals surface area (Å²) in [7, 11) is 0. The SMILES string of the molecule is O=C(Nc1ccc(N2CCN(Cc3ccco3)CC2)cc1)c1ccccc1-c1ccc(C(F)(F)F)cc1. The number of nitrogens with zero attached hydrogens (tertiary/aromatic N) is 2. The lowest BCUT2D eigenvalue weighted by molar-refractivity contribution is -0.137. The van der Waals surface area contributed by atoms with Crippen LogP contribution in [0.1, 0.15) is 21.7 Å². The van der Waals surface area contributed by atoms with Crippen molar-refractivity contribution >= 4 is 17.3 Å². The second-order valence-corrected chi connectivity index (χ2v) is 8.96. The molecule has 0 aliphatic carbocycles. The fraction of sp³-hybridized carbons (Fsp3) is 0.207. The minimum Gasteiger partial charge on any atom is -0.468 e. The zero-order chi connectivity index (χ0) is 25.8. The fourth-order valence-electron chi connectivity index (χ4n) is 4.51. The fourth-order valence-corrected chi connectivity index (χ4v) is 4.51. The van der Waals surface area contributed by atoms with Crippen LogP contribution in [0.3, 0.4) is 0 Å². The molecule has 2 heterocycles. The molecule has 0 unspecified atom stereocenters. The Morgan fingerprint density at radius 2 is 1.54 bits per heavy atom. The summed E-state index contributed by atoms with van der Waals surface area (Å²) in [5, 5.41) is 2.91. The highest BCUT2D eigenvalue weighted by Gasteiger charge is 2.30.